The number of aryl methyl sites for hydroxylation is 4. The zero-order valence-corrected chi connectivity index (χ0v) is 18.8. The van der Waals surface area contributed by atoms with E-state index in [0.717, 1.165) is 33.3 Å². The lowest BCUT2D eigenvalue weighted by Crippen LogP contribution is -2.37. The van der Waals surface area contributed by atoms with Crippen molar-refractivity contribution in [1.82, 2.24) is 9.88 Å². The van der Waals surface area contributed by atoms with Crippen LogP contribution in [0.25, 0.3) is 10.9 Å². The summed E-state index contributed by atoms with van der Waals surface area (Å²) in [6, 6.07) is 12.2. The fourth-order valence-electron chi connectivity index (χ4n) is 3.72. The standard InChI is InChI=1S/C24H29N3O2S/c1-15-6-7-21(17(3)10-15)25-24(30)27(8-5-9-28)14-20-13-19-12-16(2)11-18(4)22(19)26-23(20)29/h6-7,10-13,28H,5,8-9,14H2,1-4H3,(H,25,30)(H,26,29). The van der Waals surface area contributed by atoms with E-state index in [1.54, 1.807) is 0 Å². The molecular weight excluding hydrogens is 394 g/mol. The highest BCUT2D eigenvalue weighted by molar-refractivity contribution is 7.80. The number of hydrogen-bond acceptors (Lipinski definition) is 3. The van der Waals surface area contributed by atoms with Crippen molar-refractivity contribution < 1.29 is 5.11 Å². The van der Waals surface area contributed by atoms with E-state index in [4.69, 9.17) is 12.2 Å². The first-order valence-electron chi connectivity index (χ1n) is 10.2. The van der Waals surface area contributed by atoms with E-state index < -0.39 is 0 Å². The molecule has 0 atom stereocenters. The Bertz CT molecular complexity index is 1140. The molecule has 158 valence electrons. The Kier molecular flexibility index (Phi) is 6.90. The number of rotatable bonds is 6. The second-order valence-corrected chi connectivity index (χ2v) is 8.30. The van der Waals surface area contributed by atoms with Crippen LogP contribution in [0.3, 0.4) is 0 Å². The molecule has 0 unspecified atom stereocenters. The molecule has 30 heavy (non-hydrogen) atoms. The molecule has 1 heterocycles. The van der Waals surface area contributed by atoms with Gasteiger partial charge in [-0.05, 0) is 81.0 Å². The van der Waals surface area contributed by atoms with Crippen LogP contribution in [0.1, 0.15) is 34.2 Å². The molecule has 0 spiro atoms. The van der Waals surface area contributed by atoms with Crippen molar-refractivity contribution in [3.63, 3.8) is 0 Å². The molecule has 0 saturated carbocycles. The normalized spacial score (nSPS) is 11.0. The Morgan fingerprint density at radius 1 is 1.07 bits per heavy atom. The molecule has 0 bridgehead atoms. The summed E-state index contributed by atoms with van der Waals surface area (Å²) < 4.78 is 0. The van der Waals surface area contributed by atoms with E-state index in [2.05, 4.69) is 35.4 Å². The van der Waals surface area contributed by atoms with Gasteiger partial charge in [0, 0.05) is 24.4 Å². The van der Waals surface area contributed by atoms with Crippen molar-refractivity contribution in [2.75, 3.05) is 18.5 Å². The van der Waals surface area contributed by atoms with Crippen LogP contribution in [0, 0.1) is 27.7 Å². The van der Waals surface area contributed by atoms with Gasteiger partial charge in [-0.2, -0.15) is 0 Å². The molecule has 6 heteroatoms. The van der Waals surface area contributed by atoms with Crippen LogP contribution in [0.2, 0.25) is 0 Å². The van der Waals surface area contributed by atoms with Gasteiger partial charge in [-0.3, -0.25) is 4.79 Å². The number of nitrogens with zero attached hydrogens (tertiary/aromatic N) is 1. The molecule has 0 radical (unpaired) electrons. The average molecular weight is 424 g/mol. The minimum Gasteiger partial charge on any atom is -0.396 e. The van der Waals surface area contributed by atoms with E-state index in [1.165, 1.54) is 5.56 Å². The Morgan fingerprint density at radius 3 is 2.50 bits per heavy atom. The van der Waals surface area contributed by atoms with Gasteiger partial charge >= 0.3 is 0 Å². The highest BCUT2D eigenvalue weighted by Crippen LogP contribution is 2.20. The number of aromatic amines is 1. The van der Waals surface area contributed by atoms with Crippen LogP contribution in [0.5, 0.6) is 0 Å². The summed E-state index contributed by atoms with van der Waals surface area (Å²) in [5.74, 6) is 0. The third-order valence-corrected chi connectivity index (χ3v) is 5.59. The first-order valence-corrected chi connectivity index (χ1v) is 10.6. The van der Waals surface area contributed by atoms with Crippen LogP contribution >= 0.6 is 12.2 Å². The van der Waals surface area contributed by atoms with Crippen molar-refractivity contribution in [3.05, 3.63) is 74.6 Å². The van der Waals surface area contributed by atoms with Crippen molar-refractivity contribution in [2.45, 2.75) is 40.7 Å². The van der Waals surface area contributed by atoms with Crippen molar-refractivity contribution in [1.29, 1.82) is 0 Å². The van der Waals surface area contributed by atoms with Gasteiger partial charge in [-0.25, -0.2) is 0 Å². The number of benzene rings is 2. The molecule has 1 aromatic heterocycles. The van der Waals surface area contributed by atoms with Crippen LogP contribution in [0.4, 0.5) is 5.69 Å². The predicted molar refractivity (Wildman–Crippen MR) is 128 cm³/mol. The Labute approximate surface area is 182 Å². The molecule has 0 amide bonds. The number of aromatic nitrogens is 1. The quantitative estimate of drug-likeness (QED) is 0.515. The van der Waals surface area contributed by atoms with E-state index in [0.29, 0.717) is 30.2 Å². The number of pyridine rings is 1. The number of anilines is 1. The lowest BCUT2D eigenvalue weighted by atomic mass is 10.1. The van der Waals surface area contributed by atoms with Crippen LogP contribution in [-0.2, 0) is 6.54 Å². The second kappa shape index (κ2) is 9.41. The fraction of sp³-hybridized carbons (Fsp3) is 0.333. The summed E-state index contributed by atoms with van der Waals surface area (Å²) in [6.45, 7) is 9.13. The molecule has 0 aliphatic carbocycles. The molecule has 3 aromatic rings. The zero-order valence-electron chi connectivity index (χ0n) is 18.0. The number of H-pyrrole nitrogens is 1. The molecule has 0 aliphatic rings. The topological polar surface area (TPSA) is 68.4 Å². The molecule has 0 saturated heterocycles. The number of thiocarbonyl (C=S) groups is 1. The van der Waals surface area contributed by atoms with Crippen LogP contribution < -0.4 is 10.9 Å². The SMILES string of the molecule is Cc1ccc(NC(=S)N(CCCO)Cc2cc3cc(C)cc(C)c3[nH]c2=O)c(C)c1. The number of hydrogen-bond donors (Lipinski definition) is 3. The molecule has 3 N–H and O–H groups in total. The highest BCUT2D eigenvalue weighted by atomic mass is 32.1. The average Bonchev–Trinajstić information content (AvgIpc) is 2.68. The van der Waals surface area contributed by atoms with E-state index >= 15 is 0 Å². The molecule has 3 rings (SSSR count). The third-order valence-electron chi connectivity index (χ3n) is 5.23. The molecule has 0 aliphatic heterocycles. The number of aliphatic hydroxyl groups is 1. The first-order chi connectivity index (χ1) is 14.3. The van der Waals surface area contributed by atoms with E-state index in [1.807, 2.05) is 43.9 Å². The van der Waals surface area contributed by atoms with Gasteiger partial charge < -0.3 is 20.3 Å². The maximum absolute atomic E-state index is 12.8. The second-order valence-electron chi connectivity index (χ2n) is 7.92. The van der Waals surface area contributed by atoms with Gasteiger partial charge in [-0.15, -0.1) is 0 Å². The minimum absolute atomic E-state index is 0.0646. The number of fused-ring (bicyclic) bond motifs is 1. The Balaban J connectivity index is 1.89. The summed E-state index contributed by atoms with van der Waals surface area (Å²) in [6.07, 6.45) is 0.568. The summed E-state index contributed by atoms with van der Waals surface area (Å²) in [7, 11) is 0. The predicted octanol–water partition coefficient (Wildman–Crippen LogP) is 4.34. The van der Waals surface area contributed by atoms with Gasteiger partial charge in [0.25, 0.3) is 5.56 Å². The minimum atomic E-state index is -0.113. The monoisotopic (exact) mass is 423 g/mol. The zero-order chi connectivity index (χ0) is 21.8. The molecular formula is C24H29N3O2S. The van der Waals surface area contributed by atoms with Gasteiger partial charge in [0.05, 0.1) is 12.1 Å². The molecule has 2 aromatic carbocycles. The summed E-state index contributed by atoms with van der Waals surface area (Å²) in [5.41, 5.74) is 6.85. The Morgan fingerprint density at radius 2 is 1.80 bits per heavy atom. The Hall–Kier alpha value is -2.70. The van der Waals surface area contributed by atoms with Crippen molar-refractivity contribution >= 4 is 33.9 Å². The maximum atomic E-state index is 12.8. The van der Waals surface area contributed by atoms with Crippen LogP contribution in [0.15, 0.2) is 41.2 Å². The van der Waals surface area contributed by atoms with Crippen molar-refractivity contribution in [3.8, 4) is 0 Å². The summed E-state index contributed by atoms with van der Waals surface area (Å²) >= 11 is 5.66. The largest absolute Gasteiger partial charge is 0.396 e. The smallest absolute Gasteiger partial charge is 0.253 e. The summed E-state index contributed by atoms with van der Waals surface area (Å²) in [4.78, 5) is 17.7. The first kappa shape index (κ1) is 22.0. The van der Waals surface area contributed by atoms with Gasteiger partial charge in [-0.1, -0.05) is 29.3 Å². The van der Waals surface area contributed by atoms with Crippen LogP contribution in [-0.4, -0.2) is 33.3 Å². The molecule has 0 fully saturated rings. The highest BCUT2D eigenvalue weighted by Gasteiger charge is 2.15. The molecule has 5 nitrogen and oxygen atoms in total. The van der Waals surface area contributed by atoms with E-state index in [9.17, 15) is 9.90 Å². The van der Waals surface area contributed by atoms with Gasteiger partial charge in [0.1, 0.15) is 0 Å². The fourth-order valence-corrected chi connectivity index (χ4v) is 3.98. The van der Waals surface area contributed by atoms with E-state index in [-0.39, 0.29) is 12.2 Å². The summed E-state index contributed by atoms with van der Waals surface area (Å²) in [5, 5.41) is 14.2. The number of aliphatic hydroxyl groups excluding tert-OH is 1. The van der Waals surface area contributed by atoms with Crippen molar-refractivity contribution in [2.24, 2.45) is 0 Å². The van der Waals surface area contributed by atoms with Gasteiger partial charge in [0.15, 0.2) is 5.11 Å². The lowest BCUT2D eigenvalue weighted by molar-refractivity contribution is 0.265. The lowest BCUT2D eigenvalue weighted by Gasteiger charge is -2.26. The third kappa shape index (κ3) is 5.07. The number of nitrogens with one attached hydrogen (secondary N) is 2. The van der Waals surface area contributed by atoms with Gasteiger partial charge in [0.2, 0.25) is 0 Å². The maximum Gasteiger partial charge on any atom is 0.253 e.